The number of ether oxygens (including phenoxy) is 1. The van der Waals surface area contributed by atoms with Gasteiger partial charge in [0, 0.05) is 12.8 Å². The molecule has 6 N–H and O–H groups in total. The van der Waals surface area contributed by atoms with Gasteiger partial charge in [-0.2, -0.15) is 0 Å². The Morgan fingerprint density at radius 1 is 0.735 bits per heavy atom. The zero-order valence-corrected chi connectivity index (χ0v) is 29.3. The summed E-state index contributed by atoms with van der Waals surface area (Å²) in [6, 6.07) is 25.1. The Morgan fingerprint density at radius 2 is 1.24 bits per heavy atom. The minimum absolute atomic E-state index is 0.00771. The van der Waals surface area contributed by atoms with Crippen molar-refractivity contribution in [2.75, 3.05) is 0 Å². The van der Waals surface area contributed by atoms with Crippen LogP contribution in [0.3, 0.4) is 0 Å². The molecule has 10 heteroatoms. The molecule has 0 saturated heterocycles. The van der Waals surface area contributed by atoms with E-state index < -0.39 is 53.1 Å². The normalized spacial score (nSPS) is 14.5. The van der Waals surface area contributed by atoms with Crippen molar-refractivity contribution < 1.29 is 29.0 Å². The summed E-state index contributed by atoms with van der Waals surface area (Å²) in [5.41, 5.74) is 6.12. The third-order valence-electron chi connectivity index (χ3n) is 8.02. The first-order valence-corrected chi connectivity index (χ1v) is 16.9. The molecule has 3 aromatic rings. The number of primary amides is 1. The van der Waals surface area contributed by atoms with Crippen LogP contribution in [0.4, 0.5) is 4.79 Å². The largest absolute Gasteiger partial charge is 0.444 e. The predicted molar refractivity (Wildman–Crippen MR) is 190 cm³/mol. The van der Waals surface area contributed by atoms with Gasteiger partial charge in [-0.15, -0.1) is 0 Å². The average Bonchev–Trinajstić information content (AvgIpc) is 3.04. The van der Waals surface area contributed by atoms with Crippen molar-refractivity contribution in [3.05, 3.63) is 108 Å². The topological polar surface area (TPSA) is 160 Å². The van der Waals surface area contributed by atoms with E-state index >= 15 is 0 Å². The number of aliphatic hydroxyl groups is 1. The number of benzene rings is 3. The molecular weight excluding hydrogens is 620 g/mol. The van der Waals surface area contributed by atoms with Gasteiger partial charge >= 0.3 is 6.09 Å². The van der Waals surface area contributed by atoms with Crippen LogP contribution in [0.15, 0.2) is 91.0 Å². The van der Waals surface area contributed by atoms with Gasteiger partial charge in [-0.05, 0) is 69.1 Å². The first-order valence-electron chi connectivity index (χ1n) is 16.9. The number of hydrogen-bond donors (Lipinski definition) is 5. The Hall–Kier alpha value is -4.70. The number of hydrogen-bond acceptors (Lipinski definition) is 6. The van der Waals surface area contributed by atoms with Crippen LogP contribution in [0.5, 0.6) is 0 Å². The first kappa shape index (κ1) is 38.7. The highest BCUT2D eigenvalue weighted by atomic mass is 16.6. The van der Waals surface area contributed by atoms with E-state index in [2.05, 4.69) is 16.0 Å². The molecule has 0 spiro atoms. The fourth-order valence-electron chi connectivity index (χ4n) is 5.65. The summed E-state index contributed by atoms with van der Waals surface area (Å²) in [4.78, 5) is 52.6. The second-order valence-electron chi connectivity index (χ2n) is 14.0. The molecule has 264 valence electrons. The van der Waals surface area contributed by atoms with Crippen LogP contribution in [0, 0.1) is 5.92 Å². The summed E-state index contributed by atoms with van der Waals surface area (Å²) in [7, 11) is 0. The van der Waals surface area contributed by atoms with E-state index in [1.807, 2.05) is 105 Å². The fraction of sp³-hybridized carbons (Fsp3) is 0.436. The molecule has 3 rings (SSSR count). The summed E-state index contributed by atoms with van der Waals surface area (Å²) in [5, 5.41) is 20.2. The number of carbonyl (C=O) groups excluding carboxylic acids is 4. The highest BCUT2D eigenvalue weighted by Gasteiger charge is 2.33. The molecule has 0 aliphatic rings. The molecule has 0 aliphatic heterocycles. The number of amides is 4. The SMILES string of the molecule is CC(C)C[C@H](NC(=O)[C@@H](CCCC(O)(Cc1ccccc1)c1ccccc1)NC(=O)OC(C)(C)C)C(=O)N[C@@H](Cc1ccccc1)C(N)=O. The van der Waals surface area contributed by atoms with Crippen LogP contribution in [-0.2, 0) is 37.6 Å². The van der Waals surface area contributed by atoms with Crippen molar-refractivity contribution >= 4 is 23.8 Å². The second-order valence-corrected chi connectivity index (χ2v) is 14.0. The van der Waals surface area contributed by atoms with Crippen molar-refractivity contribution in [2.45, 2.75) is 102 Å². The van der Waals surface area contributed by atoms with Gasteiger partial charge in [-0.3, -0.25) is 14.4 Å². The molecular formula is C39H52N4O6. The van der Waals surface area contributed by atoms with E-state index in [1.54, 1.807) is 20.8 Å². The molecule has 0 bridgehead atoms. The number of rotatable bonds is 17. The molecule has 0 aromatic heterocycles. The molecule has 1 unspecified atom stereocenters. The van der Waals surface area contributed by atoms with Crippen LogP contribution >= 0.6 is 0 Å². The van der Waals surface area contributed by atoms with Gasteiger partial charge in [-0.25, -0.2) is 4.79 Å². The van der Waals surface area contributed by atoms with Gasteiger partial charge in [0.25, 0.3) is 0 Å². The molecule has 0 heterocycles. The van der Waals surface area contributed by atoms with Crippen LogP contribution in [0.25, 0.3) is 0 Å². The van der Waals surface area contributed by atoms with E-state index in [9.17, 15) is 24.3 Å². The fourth-order valence-corrected chi connectivity index (χ4v) is 5.65. The molecule has 3 aromatic carbocycles. The molecule has 49 heavy (non-hydrogen) atoms. The summed E-state index contributed by atoms with van der Waals surface area (Å²) in [6.45, 7) is 8.99. The second kappa shape index (κ2) is 18.2. The maximum Gasteiger partial charge on any atom is 0.408 e. The van der Waals surface area contributed by atoms with E-state index in [-0.39, 0.29) is 25.2 Å². The van der Waals surface area contributed by atoms with Crippen LogP contribution in [-0.4, -0.2) is 52.6 Å². The Bertz CT molecular complexity index is 1490. The minimum atomic E-state index is -1.24. The lowest BCUT2D eigenvalue weighted by Crippen LogP contribution is -2.57. The van der Waals surface area contributed by atoms with E-state index in [0.29, 0.717) is 19.3 Å². The summed E-state index contributed by atoms with van der Waals surface area (Å²) >= 11 is 0. The van der Waals surface area contributed by atoms with Gasteiger partial charge in [0.2, 0.25) is 17.7 Å². The lowest BCUT2D eigenvalue weighted by atomic mass is 9.82. The maximum atomic E-state index is 13.9. The van der Waals surface area contributed by atoms with Gasteiger partial charge in [0.1, 0.15) is 23.7 Å². The zero-order chi connectivity index (χ0) is 36.0. The highest BCUT2D eigenvalue weighted by molar-refractivity contribution is 5.93. The van der Waals surface area contributed by atoms with Crippen LogP contribution < -0.4 is 21.7 Å². The van der Waals surface area contributed by atoms with Crippen LogP contribution in [0.2, 0.25) is 0 Å². The van der Waals surface area contributed by atoms with Gasteiger partial charge < -0.3 is 31.5 Å². The molecule has 0 fully saturated rings. The molecule has 10 nitrogen and oxygen atoms in total. The maximum absolute atomic E-state index is 13.9. The summed E-state index contributed by atoms with van der Waals surface area (Å²) in [6.07, 6.45) is 0.850. The van der Waals surface area contributed by atoms with Crippen molar-refractivity contribution in [3.63, 3.8) is 0 Å². The third-order valence-corrected chi connectivity index (χ3v) is 8.02. The number of alkyl carbamates (subject to hydrolysis) is 1. The van der Waals surface area contributed by atoms with Crippen molar-refractivity contribution in [2.24, 2.45) is 11.7 Å². The van der Waals surface area contributed by atoms with Gasteiger partial charge in [0.15, 0.2) is 0 Å². The molecule has 0 aliphatic carbocycles. The van der Waals surface area contributed by atoms with Crippen molar-refractivity contribution in [1.29, 1.82) is 0 Å². The van der Waals surface area contributed by atoms with Crippen molar-refractivity contribution in [3.8, 4) is 0 Å². The Labute approximate surface area is 290 Å². The lowest BCUT2D eigenvalue weighted by Gasteiger charge is -2.30. The summed E-state index contributed by atoms with van der Waals surface area (Å²) < 4.78 is 5.46. The number of nitrogens with two attached hydrogens (primary N) is 1. The quantitative estimate of drug-likeness (QED) is 0.137. The van der Waals surface area contributed by atoms with Gasteiger partial charge in [0.05, 0.1) is 5.60 Å². The lowest BCUT2D eigenvalue weighted by molar-refractivity contribution is -0.132. The monoisotopic (exact) mass is 672 g/mol. The number of nitrogens with one attached hydrogen (secondary N) is 3. The van der Waals surface area contributed by atoms with E-state index in [4.69, 9.17) is 10.5 Å². The standard InChI is InChI=1S/C39H52N4O6/c1-27(2)24-33(36(46)41-32(34(40)44)25-28-16-9-6-10-17-28)42-35(45)31(43-37(47)49-38(3,4)5)22-15-23-39(48,30-20-13-8-14-21-30)26-29-18-11-7-12-19-29/h6-14,16-21,27,31-33,48H,15,22-26H2,1-5H3,(H2,40,44)(H,41,46)(H,42,45)(H,43,47)/t31-,32+,33+,39?/m1/s1. The first-order chi connectivity index (χ1) is 23.1. The predicted octanol–water partition coefficient (Wildman–Crippen LogP) is 4.92. The van der Waals surface area contributed by atoms with Crippen molar-refractivity contribution in [1.82, 2.24) is 16.0 Å². The zero-order valence-electron chi connectivity index (χ0n) is 29.3. The van der Waals surface area contributed by atoms with E-state index in [1.165, 1.54) is 0 Å². The van der Waals surface area contributed by atoms with Crippen LogP contribution in [0.1, 0.15) is 77.0 Å². The Kier molecular flexibility index (Phi) is 14.4. The molecule has 4 amide bonds. The Morgan fingerprint density at radius 3 is 1.78 bits per heavy atom. The number of carbonyl (C=O) groups is 4. The molecule has 4 atom stereocenters. The Balaban J connectivity index is 1.80. The van der Waals surface area contributed by atoms with Gasteiger partial charge in [-0.1, -0.05) is 105 Å². The average molecular weight is 673 g/mol. The minimum Gasteiger partial charge on any atom is -0.444 e. The van der Waals surface area contributed by atoms with E-state index in [0.717, 1.165) is 16.7 Å². The molecule has 0 radical (unpaired) electrons. The smallest absolute Gasteiger partial charge is 0.408 e. The third kappa shape index (κ3) is 13.4. The summed E-state index contributed by atoms with van der Waals surface area (Å²) in [5.74, 6) is -1.83. The molecule has 0 saturated carbocycles. The highest BCUT2D eigenvalue weighted by Crippen LogP contribution is 2.31.